The lowest BCUT2D eigenvalue weighted by Crippen LogP contribution is -2.58. The lowest BCUT2D eigenvalue weighted by atomic mass is 9.34. The highest BCUT2D eigenvalue weighted by Gasteiger charge is 2.42. The van der Waals surface area contributed by atoms with E-state index in [0.29, 0.717) is 11.8 Å². The smallest absolute Gasteiger partial charge is 0.256 e. The van der Waals surface area contributed by atoms with E-state index in [9.17, 15) is 0 Å². The number of benzene rings is 8. The van der Waals surface area contributed by atoms with Gasteiger partial charge in [-0.05, 0) is 132 Å². The van der Waals surface area contributed by atoms with Gasteiger partial charge in [0.2, 0.25) is 0 Å². The summed E-state index contributed by atoms with van der Waals surface area (Å²) in [5, 5.41) is 4.71. The zero-order valence-corrected chi connectivity index (χ0v) is 44.7. The minimum Gasteiger partial charge on any atom is -0.458 e. The summed E-state index contributed by atoms with van der Waals surface area (Å²) in [5.41, 5.74) is 21.8. The maximum atomic E-state index is 7.38. The Morgan fingerprint density at radius 2 is 1.10 bits per heavy atom. The van der Waals surface area contributed by atoms with E-state index in [-0.39, 0.29) is 23.0 Å². The monoisotopic (exact) mass is 954 g/mol. The van der Waals surface area contributed by atoms with Crippen LogP contribution >= 0.6 is 0 Å². The van der Waals surface area contributed by atoms with Crippen molar-refractivity contribution < 1.29 is 9.15 Å². The van der Waals surface area contributed by atoms with Gasteiger partial charge in [-0.1, -0.05) is 175 Å². The molecule has 8 aromatic carbocycles. The van der Waals surface area contributed by atoms with Gasteiger partial charge in [-0.2, -0.15) is 0 Å². The highest BCUT2D eigenvalue weighted by molar-refractivity contribution is 6.99. The molecule has 13 rings (SSSR count). The molecule has 0 atom stereocenters. The molecule has 0 saturated heterocycles. The van der Waals surface area contributed by atoms with Crippen LogP contribution in [0.5, 0.6) is 11.5 Å². The normalized spacial score (nSPS) is 13.6. The maximum absolute atomic E-state index is 7.38. The van der Waals surface area contributed by atoms with Gasteiger partial charge in [0.1, 0.15) is 28.5 Å². The molecule has 6 heteroatoms. The molecule has 0 N–H and O–H groups in total. The zero-order valence-electron chi connectivity index (χ0n) is 44.7. The lowest BCUT2D eigenvalue weighted by Gasteiger charge is -2.35. The summed E-state index contributed by atoms with van der Waals surface area (Å²) in [7, 11) is 0. The van der Waals surface area contributed by atoms with E-state index in [4.69, 9.17) is 14.1 Å². The Balaban J connectivity index is 1.09. The number of ether oxygens (including phenoxy) is 1. The fourth-order valence-electron chi connectivity index (χ4n) is 12.2. The van der Waals surface area contributed by atoms with Crippen LogP contribution in [0.4, 0.5) is 0 Å². The van der Waals surface area contributed by atoms with Crippen molar-refractivity contribution in [1.82, 2.24) is 14.1 Å². The van der Waals surface area contributed by atoms with Crippen molar-refractivity contribution in [3.63, 3.8) is 0 Å². The Morgan fingerprint density at radius 3 is 1.78 bits per heavy atom. The number of para-hydroxylation sites is 5. The van der Waals surface area contributed by atoms with E-state index in [1.165, 1.54) is 71.7 Å². The second kappa shape index (κ2) is 15.6. The number of imidazole rings is 1. The molecule has 0 unspecified atom stereocenters. The van der Waals surface area contributed by atoms with Crippen molar-refractivity contribution in [2.75, 3.05) is 0 Å². The Kier molecular flexibility index (Phi) is 9.74. The molecule has 2 aliphatic rings. The average molecular weight is 954 g/mol. The molecule has 0 saturated carbocycles. The van der Waals surface area contributed by atoms with Gasteiger partial charge >= 0.3 is 0 Å². The predicted octanol–water partition coefficient (Wildman–Crippen LogP) is 16.4. The van der Waals surface area contributed by atoms with Crippen molar-refractivity contribution in [2.24, 2.45) is 0 Å². The molecular formula is C67H64BN3O2. The fraction of sp³-hybridized carbons (Fsp3) is 0.269. The van der Waals surface area contributed by atoms with Gasteiger partial charge in [0, 0.05) is 38.3 Å². The van der Waals surface area contributed by atoms with E-state index in [2.05, 4.69) is 239 Å². The van der Waals surface area contributed by atoms with E-state index in [1.54, 1.807) is 0 Å². The van der Waals surface area contributed by atoms with Gasteiger partial charge in [-0.25, -0.2) is 4.98 Å². The molecule has 0 amide bonds. The number of nitrogens with zero attached hydrogens (tertiary/aromatic N) is 3. The summed E-state index contributed by atoms with van der Waals surface area (Å²) in [4.78, 5) is 5.46. The Hall–Kier alpha value is -7.31. The standard InChI is InChI=1S/C67H64BN3O2/c1-37(2)43-19-16-20-44(38(3)4)60(43)71-55-26-15-14-25-53(55)69-64(71)48-24-18-23-47-46-22-17-21-45(62(46)73-63(47)48)39-31-56-59-58(32-39)72-57-30-28-41(66(8,9)10)35-51(57)68(59)52-36-42(67(11,12)13)34-50-49-33-40(65(5,6)7)27-29-54(49)70(56)61(50)52/h14-38H,1-13H3. The third-order valence-corrected chi connectivity index (χ3v) is 16.2. The molecule has 0 bridgehead atoms. The predicted molar refractivity (Wildman–Crippen MR) is 309 cm³/mol. The second-order valence-corrected chi connectivity index (χ2v) is 24.8. The van der Waals surface area contributed by atoms with Gasteiger partial charge in [0.05, 0.1) is 27.8 Å². The molecular weight excluding hydrogens is 890 g/mol. The van der Waals surface area contributed by atoms with E-state index in [0.717, 1.165) is 72.7 Å². The number of hydrogen-bond donors (Lipinski definition) is 0. The maximum Gasteiger partial charge on any atom is 0.256 e. The van der Waals surface area contributed by atoms with Crippen LogP contribution in [-0.2, 0) is 16.2 Å². The first-order chi connectivity index (χ1) is 34.8. The molecule has 3 aromatic heterocycles. The van der Waals surface area contributed by atoms with Crippen LogP contribution < -0.4 is 21.1 Å². The summed E-state index contributed by atoms with van der Waals surface area (Å²) in [6.07, 6.45) is 0. The minimum atomic E-state index is -0.0671. The quantitative estimate of drug-likeness (QED) is 0.162. The SMILES string of the molecule is CC(C)c1cccc(C(C)C)c1-n1c(-c2cccc3c2oc2c(-c4cc5c6c(c4)-n4c7ccc(C(C)(C)C)cc7c7cc(C(C)(C)C)cc(c74)B6c4cc(C(C)(C)C)ccc4O5)cccc23)nc2ccccc21. The molecule has 5 heterocycles. The molecule has 11 aromatic rings. The molecule has 0 radical (unpaired) electrons. The lowest BCUT2D eigenvalue weighted by molar-refractivity contribution is 0.486. The third-order valence-electron chi connectivity index (χ3n) is 16.2. The molecule has 5 nitrogen and oxygen atoms in total. The fourth-order valence-corrected chi connectivity index (χ4v) is 12.2. The number of fused-ring (bicyclic) bond motifs is 11. The summed E-state index contributed by atoms with van der Waals surface area (Å²) in [6.45, 7) is 30.0. The van der Waals surface area contributed by atoms with Gasteiger partial charge < -0.3 is 13.7 Å². The number of rotatable bonds is 5. The van der Waals surface area contributed by atoms with Crippen LogP contribution in [0.25, 0.3) is 88.7 Å². The van der Waals surface area contributed by atoms with Crippen molar-refractivity contribution in [2.45, 2.75) is 118 Å². The number of aromatic nitrogens is 3. The van der Waals surface area contributed by atoms with Crippen molar-refractivity contribution in [3.05, 3.63) is 167 Å². The summed E-state index contributed by atoms with van der Waals surface area (Å²) >= 11 is 0. The van der Waals surface area contributed by atoms with Crippen LogP contribution in [0.1, 0.15) is 130 Å². The molecule has 0 spiro atoms. The van der Waals surface area contributed by atoms with Crippen LogP contribution in [0.15, 0.2) is 144 Å². The largest absolute Gasteiger partial charge is 0.458 e. The van der Waals surface area contributed by atoms with Crippen LogP contribution in [0.2, 0.25) is 0 Å². The topological polar surface area (TPSA) is 45.1 Å². The first-order valence-electron chi connectivity index (χ1n) is 26.5. The van der Waals surface area contributed by atoms with E-state index >= 15 is 0 Å². The van der Waals surface area contributed by atoms with Gasteiger partial charge in [-0.3, -0.25) is 4.57 Å². The van der Waals surface area contributed by atoms with Gasteiger partial charge in [-0.15, -0.1) is 0 Å². The Morgan fingerprint density at radius 1 is 0.493 bits per heavy atom. The first kappa shape index (κ1) is 45.5. The van der Waals surface area contributed by atoms with Crippen LogP contribution in [0, 0.1) is 0 Å². The second-order valence-electron chi connectivity index (χ2n) is 24.8. The van der Waals surface area contributed by atoms with Crippen molar-refractivity contribution >= 4 is 77.9 Å². The van der Waals surface area contributed by atoms with Crippen LogP contribution in [0.3, 0.4) is 0 Å². The minimum absolute atomic E-state index is 0.0134. The third kappa shape index (κ3) is 6.78. The molecule has 2 aliphatic heterocycles. The van der Waals surface area contributed by atoms with Crippen molar-refractivity contribution in [3.8, 4) is 45.4 Å². The van der Waals surface area contributed by atoms with Crippen LogP contribution in [-0.4, -0.2) is 20.8 Å². The Labute approximate surface area is 429 Å². The van der Waals surface area contributed by atoms with Gasteiger partial charge in [0.15, 0.2) is 0 Å². The summed E-state index contributed by atoms with van der Waals surface area (Å²) in [5.74, 6) is 3.28. The van der Waals surface area contributed by atoms with Gasteiger partial charge in [0.25, 0.3) is 6.71 Å². The number of hydrogen-bond acceptors (Lipinski definition) is 3. The Bertz CT molecular complexity index is 4110. The average Bonchev–Trinajstić information content (AvgIpc) is 4.05. The zero-order chi connectivity index (χ0) is 50.8. The molecule has 0 aliphatic carbocycles. The highest BCUT2D eigenvalue weighted by Crippen LogP contribution is 2.46. The molecule has 73 heavy (non-hydrogen) atoms. The number of furan rings is 1. The highest BCUT2D eigenvalue weighted by atomic mass is 16.5. The summed E-state index contributed by atoms with van der Waals surface area (Å²) < 4.78 is 19.6. The summed E-state index contributed by atoms with van der Waals surface area (Å²) in [6, 6.07) is 52.2. The first-order valence-corrected chi connectivity index (χ1v) is 26.5. The van der Waals surface area contributed by atoms with Crippen molar-refractivity contribution in [1.29, 1.82) is 0 Å². The van der Waals surface area contributed by atoms with E-state index in [1.807, 2.05) is 0 Å². The molecule has 362 valence electrons. The van der Waals surface area contributed by atoms with E-state index < -0.39 is 0 Å². The molecule has 0 fully saturated rings.